The number of para-hydroxylation sites is 1. The molecule has 1 atom stereocenters. The monoisotopic (exact) mass is 498 g/mol. The van der Waals surface area contributed by atoms with Gasteiger partial charge in [0, 0.05) is 43.0 Å². The highest BCUT2D eigenvalue weighted by atomic mass is 32.2. The van der Waals surface area contributed by atoms with E-state index >= 15 is 0 Å². The Morgan fingerprint density at radius 2 is 1.69 bits per heavy atom. The van der Waals surface area contributed by atoms with E-state index < -0.39 is 10.0 Å². The fraction of sp³-hybridized carbons (Fsp3) is 0.462. The third-order valence-electron chi connectivity index (χ3n) is 6.79. The predicted octanol–water partition coefficient (Wildman–Crippen LogP) is 3.08. The van der Waals surface area contributed by atoms with Crippen LogP contribution < -0.4 is 10.6 Å². The first-order chi connectivity index (χ1) is 16.8. The minimum Gasteiger partial charge on any atom is -0.349 e. The minimum atomic E-state index is -3.63. The summed E-state index contributed by atoms with van der Waals surface area (Å²) in [6.07, 6.45) is 4.20. The van der Waals surface area contributed by atoms with Crippen LogP contribution in [0.15, 0.2) is 59.5 Å². The quantitative estimate of drug-likeness (QED) is 0.611. The van der Waals surface area contributed by atoms with E-state index in [0.29, 0.717) is 31.7 Å². The number of nitrogens with zero attached hydrogens (tertiary/aromatic N) is 2. The topological polar surface area (TPSA) is 98.8 Å². The van der Waals surface area contributed by atoms with Gasteiger partial charge in [-0.1, -0.05) is 30.7 Å². The normalized spacial score (nSPS) is 20.3. The summed E-state index contributed by atoms with van der Waals surface area (Å²) in [6.45, 7) is 4.17. The van der Waals surface area contributed by atoms with Gasteiger partial charge in [-0.3, -0.25) is 14.5 Å². The van der Waals surface area contributed by atoms with Gasteiger partial charge in [-0.25, -0.2) is 8.42 Å². The zero-order valence-corrected chi connectivity index (χ0v) is 21.0. The van der Waals surface area contributed by atoms with Crippen molar-refractivity contribution in [1.82, 2.24) is 14.5 Å². The van der Waals surface area contributed by atoms with Crippen molar-refractivity contribution in [1.29, 1.82) is 0 Å². The van der Waals surface area contributed by atoms with Crippen LogP contribution in [0, 0.1) is 0 Å². The van der Waals surface area contributed by atoms with Crippen LogP contribution in [-0.2, 0) is 14.8 Å². The SMILES string of the molecule is CC1CCCCN1S(=O)(=O)c1cccc(C(=O)NC2CCN(CC(=O)Nc3ccccc3)CC2)c1. The minimum absolute atomic E-state index is 0.0154. The van der Waals surface area contributed by atoms with Gasteiger partial charge >= 0.3 is 0 Å². The van der Waals surface area contributed by atoms with E-state index in [0.717, 1.165) is 37.8 Å². The Hall–Kier alpha value is -2.75. The van der Waals surface area contributed by atoms with Crippen LogP contribution in [0.1, 0.15) is 49.4 Å². The lowest BCUT2D eigenvalue weighted by molar-refractivity contribution is -0.117. The molecule has 188 valence electrons. The molecule has 2 fully saturated rings. The Kier molecular flexibility index (Phi) is 8.20. The molecule has 2 N–H and O–H groups in total. The van der Waals surface area contributed by atoms with Crippen LogP contribution >= 0.6 is 0 Å². The smallest absolute Gasteiger partial charge is 0.251 e. The van der Waals surface area contributed by atoms with Crippen LogP contribution in [0.2, 0.25) is 0 Å². The maximum atomic E-state index is 13.2. The highest BCUT2D eigenvalue weighted by molar-refractivity contribution is 7.89. The lowest BCUT2D eigenvalue weighted by atomic mass is 10.0. The third kappa shape index (κ3) is 6.48. The van der Waals surface area contributed by atoms with Crippen molar-refractivity contribution in [2.75, 3.05) is 31.5 Å². The summed E-state index contributed by atoms with van der Waals surface area (Å²) in [5.41, 5.74) is 1.12. The summed E-state index contributed by atoms with van der Waals surface area (Å²) >= 11 is 0. The highest BCUT2D eigenvalue weighted by Gasteiger charge is 2.31. The zero-order chi connectivity index (χ0) is 24.8. The molecule has 0 spiro atoms. The molecule has 2 aromatic carbocycles. The number of rotatable bonds is 7. The molecule has 4 rings (SSSR count). The lowest BCUT2D eigenvalue weighted by Gasteiger charge is -2.32. The number of carbonyl (C=O) groups is 2. The van der Waals surface area contributed by atoms with E-state index in [1.165, 1.54) is 6.07 Å². The molecule has 1 unspecified atom stereocenters. The number of hydrogen-bond acceptors (Lipinski definition) is 5. The number of anilines is 1. The molecule has 0 radical (unpaired) electrons. The van der Waals surface area contributed by atoms with Crippen molar-refractivity contribution in [3.63, 3.8) is 0 Å². The van der Waals surface area contributed by atoms with Crippen LogP contribution in [-0.4, -0.2) is 67.7 Å². The second kappa shape index (κ2) is 11.3. The highest BCUT2D eigenvalue weighted by Crippen LogP contribution is 2.25. The summed E-state index contributed by atoms with van der Waals surface area (Å²) in [6, 6.07) is 15.6. The molecule has 2 amide bonds. The average molecular weight is 499 g/mol. The van der Waals surface area contributed by atoms with E-state index in [9.17, 15) is 18.0 Å². The third-order valence-corrected chi connectivity index (χ3v) is 8.80. The second-order valence-corrected chi connectivity index (χ2v) is 11.3. The van der Waals surface area contributed by atoms with E-state index in [1.807, 2.05) is 37.3 Å². The van der Waals surface area contributed by atoms with E-state index in [1.54, 1.807) is 22.5 Å². The van der Waals surface area contributed by atoms with Gasteiger partial charge in [-0.2, -0.15) is 4.31 Å². The number of hydrogen-bond donors (Lipinski definition) is 2. The van der Waals surface area contributed by atoms with Gasteiger partial charge in [0.1, 0.15) is 0 Å². The van der Waals surface area contributed by atoms with Gasteiger partial charge in [-0.15, -0.1) is 0 Å². The second-order valence-electron chi connectivity index (χ2n) is 9.43. The van der Waals surface area contributed by atoms with Gasteiger partial charge < -0.3 is 10.6 Å². The van der Waals surface area contributed by atoms with Crippen molar-refractivity contribution in [2.45, 2.75) is 56.0 Å². The van der Waals surface area contributed by atoms with Gasteiger partial charge in [0.05, 0.1) is 11.4 Å². The van der Waals surface area contributed by atoms with E-state index in [2.05, 4.69) is 15.5 Å². The molecule has 2 aromatic rings. The molecule has 0 saturated carbocycles. The van der Waals surface area contributed by atoms with Gasteiger partial charge in [0.25, 0.3) is 5.91 Å². The Morgan fingerprint density at radius 1 is 0.943 bits per heavy atom. The standard InChI is InChI=1S/C26H34N4O4S/c1-20-8-5-6-15-30(20)35(33,34)24-12-7-9-21(18-24)26(32)28-23-13-16-29(17-14-23)19-25(31)27-22-10-3-2-4-11-22/h2-4,7,9-12,18,20,23H,5-6,8,13-17,19H2,1H3,(H,27,31)(H,28,32). The molecular formula is C26H34N4O4S. The van der Waals surface area contributed by atoms with Gasteiger partial charge in [0.15, 0.2) is 0 Å². The molecule has 8 nitrogen and oxygen atoms in total. The van der Waals surface area contributed by atoms with Crippen LogP contribution in [0.5, 0.6) is 0 Å². The Morgan fingerprint density at radius 3 is 2.40 bits per heavy atom. The first-order valence-electron chi connectivity index (χ1n) is 12.3. The number of benzene rings is 2. The maximum Gasteiger partial charge on any atom is 0.251 e. The summed E-state index contributed by atoms with van der Waals surface area (Å²) in [4.78, 5) is 27.4. The van der Waals surface area contributed by atoms with Crippen LogP contribution in [0.4, 0.5) is 5.69 Å². The molecule has 35 heavy (non-hydrogen) atoms. The summed E-state index contributed by atoms with van der Waals surface area (Å²) in [5.74, 6) is -0.325. The van der Waals surface area contributed by atoms with Crippen LogP contribution in [0.3, 0.4) is 0 Å². The maximum absolute atomic E-state index is 13.2. The Balaban J connectivity index is 1.29. The number of piperidine rings is 2. The summed E-state index contributed by atoms with van der Waals surface area (Å²) < 4.78 is 27.9. The number of amides is 2. The molecule has 2 aliphatic rings. The van der Waals surface area contributed by atoms with Crippen molar-refractivity contribution in [2.24, 2.45) is 0 Å². The fourth-order valence-corrected chi connectivity index (χ4v) is 6.54. The summed E-state index contributed by atoms with van der Waals surface area (Å²) in [7, 11) is -3.63. The molecule has 0 bridgehead atoms. The lowest BCUT2D eigenvalue weighted by Crippen LogP contribution is -2.46. The zero-order valence-electron chi connectivity index (χ0n) is 20.2. The molecule has 2 aliphatic heterocycles. The molecule has 0 aromatic heterocycles. The molecular weight excluding hydrogens is 464 g/mol. The average Bonchev–Trinajstić information content (AvgIpc) is 2.86. The van der Waals surface area contributed by atoms with Crippen LogP contribution in [0.25, 0.3) is 0 Å². The Bertz CT molecular complexity index is 1130. The van der Waals surface area contributed by atoms with E-state index in [-0.39, 0.29) is 28.8 Å². The Labute approximate surface area is 207 Å². The number of sulfonamides is 1. The molecule has 2 saturated heterocycles. The van der Waals surface area contributed by atoms with Gasteiger partial charge in [-0.05, 0) is 62.9 Å². The molecule has 0 aliphatic carbocycles. The van der Waals surface area contributed by atoms with Crippen molar-refractivity contribution in [3.8, 4) is 0 Å². The van der Waals surface area contributed by atoms with E-state index in [4.69, 9.17) is 0 Å². The molecule has 2 heterocycles. The van der Waals surface area contributed by atoms with Crippen molar-refractivity contribution >= 4 is 27.5 Å². The largest absolute Gasteiger partial charge is 0.349 e. The number of likely N-dealkylation sites (tertiary alicyclic amines) is 1. The van der Waals surface area contributed by atoms with Gasteiger partial charge in [0.2, 0.25) is 15.9 Å². The molecule has 9 heteroatoms. The first kappa shape index (κ1) is 25.3. The number of carbonyl (C=O) groups excluding carboxylic acids is 2. The number of nitrogens with one attached hydrogen (secondary N) is 2. The first-order valence-corrected chi connectivity index (χ1v) is 13.8. The van der Waals surface area contributed by atoms with Crippen molar-refractivity contribution in [3.05, 3.63) is 60.2 Å². The fourth-order valence-electron chi connectivity index (χ4n) is 4.79. The summed E-state index contributed by atoms with van der Waals surface area (Å²) in [5, 5.41) is 5.94. The predicted molar refractivity (Wildman–Crippen MR) is 136 cm³/mol. The van der Waals surface area contributed by atoms with Crippen molar-refractivity contribution < 1.29 is 18.0 Å².